The van der Waals surface area contributed by atoms with E-state index in [0.717, 1.165) is 30.5 Å². The van der Waals surface area contributed by atoms with E-state index in [-0.39, 0.29) is 18.0 Å². The Kier molecular flexibility index (Phi) is 4.56. The molecule has 1 aliphatic heterocycles. The van der Waals surface area contributed by atoms with E-state index in [1.165, 1.54) is 0 Å². The van der Waals surface area contributed by atoms with Crippen LogP contribution in [0.1, 0.15) is 35.7 Å². The standard InChI is InChI=1S/C15H22N2O2/c1-11-8-14(16)6-7-17(11)15(18)13-5-3-4-12(9-13)10-19-2/h3-5,9,11,14H,6-8,10,16H2,1-2H3/t11-,14-/m0/s1. The van der Waals surface area contributed by atoms with Crippen LogP contribution < -0.4 is 5.73 Å². The van der Waals surface area contributed by atoms with Gasteiger partial charge < -0.3 is 15.4 Å². The molecule has 1 fully saturated rings. The van der Waals surface area contributed by atoms with Crippen LogP contribution in [0.15, 0.2) is 24.3 Å². The second kappa shape index (κ2) is 6.17. The van der Waals surface area contributed by atoms with Gasteiger partial charge in [0.05, 0.1) is 6.61 Å². The predicted octanol–water partition coefficient (Wildman–Crippen LogP) is 1.78. The first-order chi connectivity index (χ1) is 9.11. The molecule has 19 heavy (non-hydrogen) atoms. The zero-order chi connectivity index (χ0) is 13.8. The van der Waals surface area contributed by atoms with Crippen molar-refractivity contribution >= 4 is 5.91 Å². The van der Waals surface area contributed by atoms with E-state index in [4.69, 9.17) is 10.5 Å². The highest BCUT2D eigenvalue weighted by molar-refractivity contribution is 5.94. The van der Waals surface area contributed by atoms with Gasteiger partial charge in [-0.25, -0.2) is 0 Å². The van der Waals surface area contributed by atoms with Crippen LogP contribution in [0.5, 0.6) is 0 Å². The van der Waals surface area contributed by atoms with Crippen molar-refractivity contribution in [2.45, 2.75) is 38.5 Å². The Morgan fingerprint density at radius 2 is 2.32 bits per heavy atom. The summed E-state index contributed by atoms with van der Waals surface area (Å²) in [5.74, 6) is 0.0948. The van der Waals surface area contributed by atoms with Crippen LogP contribution in [0.4, 0.5) is 0 Å². The second-order valence-electron chi connectivity index (χ2n) is 5.27. The van der Waals surface area contributed by atoms with Gasteiger partial charge in [0, 0.05) is 31.3 Å². The second-order valence-corrected chi connectivity index (χ2v) is 5.27. The third-order valence-electron chi connectivity index (χ3n) is 3.66. The molecule has 1 saturated heterocycles. The number of methoxy groups -OCH3 is 1. The number of carbonyl (C=O) groups excluding carboxylic acids is 1. The predicted molar refractivity (Wildman–Crippen MR) is 74.9 cm³/mol. The summed E-state index contributed by atoms with van der Waals surface area (Å²) in [6.45, 7) is 3.34. The van der Waals surface area contributed by atoms with Crippen LogP contribution in [0.2, 0.25) is 0 Å². The summed E-state index contributed by atoms with van der Waals surface area (Å²) in [6, 6.07) is 8.08. The highest BCUT2D eigenvalue weighted by atomic mass is 16.5. The Bertz CT molecular complexity index is 448. The number of nitrogens with zero attached hydrogens (tertiary/aromatic N) is 1. The van der Waals surface area contributed by atoms with Gasteiger partial charge in [0.25, 0.3) is 5.91 Å². The molecule has 0 saturated carbocycles. The minimum atomic E-state index is 0.0948. The zero-order valence-electron chi connectivity index (χ0n) is 11.6. The zero-order valence-corrected chi connectivity index (χ0v) is 11.6. The first kappa shape index (κ1) is 14.0. The summed E-state index contributed by atoms with van der Waals surface area (Å²) in [5.41, 5.74) is 7.69. The number of carbonyl (C=O) groups is 1. The van der Waals surface area contributed by atoms with Gasteiger partial charge >= 0.3 is 0 Å². The van der Waals surface area contributed by atoms with Gasteiger partial charge in [0.2, 0.25) is 0 Å². The number of benzene rings is 1. The first-order valence-electron chi connectivity index (χ1n) is 6.76. The van der Waals surface area contributed by atoms with Crippen molar-refractivity contribution in [2.75, 3.05) is 13.7 Å². The average Bonchev–Trinajstić information content (AvgIpc) is 2.39. The minimum absolute atomic E-state index is 0.0948. The molecule has 4 heteroatoms. The van der Waals surface area contributed by atoms with E-state index in [9.17, 15) is 4.79 Å². The molecule has 0 bridgehead atoms. The lowest BCUT2D eigenvalue weighted by Crippen LogP contribution is -2.48. The monoisotopic (exact) mass is 262 g/mol. The Balaban J connectivity index is 2.12. The summed E-state index contributed by atoms with van der Waals surface area (Å²) < 4.78 is 5.10. The summed E-state index contributed by atoms with van der Waals surface area (Å²) in [7, 11) is 1.66. The van der Waals surface area contributed by atoms with Crippen molar-refractivity contribution in [3.63, 3.8) is 0 Å². The largest absolute Gasteiger partial charge is 0.380 e. The quantitative estimate of drug-likeness (QED) is 0.903. The van der Waals surface area contributed by atoms with Gasteiger partial charge in [-0.1, -0.05) is 12.1 Å². The maximum Gasteiger partial charge on any atom is 0.254 e. The van der Waals surface area contributed by atoms with Crippen LogP contribution in [-0.2, 0) is 11.3 Å². The average molecular weight is 262 g/mol. The molecule has 2 atom stereocenters. The molecule has 2 N–H and O–H groups in total. The molecule has 104 valence electrons. The third-order valence-corrected chi connectivity index (χ3v) is 3.66. The van der Waals surface area contributed by atoms with Crippen molar-refractivity contribution in [3.05, 3.63) is 35.4 Å². The highest BCUT2D eigenvalue weighted by Gasteiger charge is 2.27. The molecule has 0 aliphatic carbocycles. The number of nitrogens with two attached hydrogens (primary N) is 1. The molecule has 0 unspecified atom stereocenters. The Morgan fingerprint density at radius 1 is 1.53 bits per heavy atom. The normalized spacial score (nSPS) is 23.4. The molecule has 1 aliphatic rings. The number of rotatable bonds is 3. The first-order valence-corrected chi connectivity index (χ1v) is 6.76. The van der Waals surface area contributed by atoms with Gasteiger partial charge in [-0.15, -0.1) is 0 Å². The smallest absolute Gasteiger partial charge is 0.254 e. The minimum Gasteiger partial charge on any atom is -0.380 e. The summed E-state index contributed by atoms with van der Waals surface area (Å²) in [4.78, 5) is 14.4. The molecule has 1 aromatic rings. The maximum atomic E-state index is 12.5. The molecule has 2 rings (SSSR count). The van der Waals surface area contributed by atoms with E-state index in [1.807, 2.05) is 29.2 Å². The molecular formula is C15H22N2O2. The van der Waals surface area contributed by atoms with Gasteiger partial charge in [-0.05, 0) is 37.5 Å². The van der Waals surface area contributed by atoms with Crippen LogP contribution in [0.25, 0.3) is 0 Å². The molecular weight excluding hydrogens is 240 g/mol. The number of piperidine rings is 1. The highest BCUT2D eigenvalue weighted by Crippen LogP contribution is 2.19. The Hall–Kier alpha value is -1.39. The fourth-order valence-electron chi connectivity index (χ4n) is 2.64. The molecule has 4 nitrogen and oxygen atoms in total. The number of likely N-dealkylation sites (tertiary alicyclic amines) is 1. The SMILES string of the molecule is COCc1cccc(C(=O)N2CC[C@H](N)C[C@@H]2C)c1. The fourth-order valence-corrected chi connectivity index (χ4v) is 2.64. The van der Waals surface area contributed by atoms with E-state index < -0.39 is 0 Å². The van der Waals surface area contributed by atoms with Crippen molar-refractivity contribution in [3.8, 4) is 0 Å². The molecule has 1 aromatic carbocycles. The van der Waals surface area contributed by atoms with Gasteiger partial charge in [0.1, 0.15) is 0 Å². The lowest BCUT2D eigenvalue weighted by Gasteiger charge is -2.36. The van der Waals surface area contributed by atoms with Gasteiger partial charge in [0.15, 0.2) is 0 Å². The van der Waals surface area contributed by atoms with Crippen molar-refractivity contribution in [2.24, 2.45) is 5.73 Å². The summed E-state index contributed by atoms with van der Waals surface area (Å²) in [6.07, 6.45) is 1.76. The summed E-state index contributed by atoms with van der Waals surface area (Å²) >= 11 is 0. The topological polar surface area (TPSA) is 55.6 Å². The number of hydrogen-bond acceptors (Lipinski definition) is 3. The molecule has 1 heterocycles. The fraction of sp³-hybridized carbons (Fsp3) is 0.533. The van der Waals surface area contributed by atoms with E-state index >= 15 is 0 Å². The number of ether oxygens (including phenoxy) is 1. The van der Waals surface area contributed by atoms with E-state index in [1.54, 1.807) is 7.11 Å². The lowest BCUT2D eigenvalue weighted by molar-refractivity contribution is 0.0618. The van der Waals surface area contributed by atoms with Crippen LogP contribution in [-0.4, -0.2) is 36.5 Å². The van der Waals surface area contributed by atoms with Crippen molar-refractivity contribution < 1.29 is 9.53 Å². The third kappa shape index (κ3) is 3.33. The van der Waals surface area contributed by atoms with Crippen molar-refractivity contribution in [1.82, 2.24) is 4.90 Å². The maximum absolute atomic E-state index is 12.5. The molecule has 0 aromatic heterocycles. The van der Waals surface area contributed by atoms with Crippen LogP contribution in [0, 0.1) is 0 Å². The molecule has 0 spiro atoms. The lowest BCUT2D eigenvalue weighted by atomic mass is 9.98. The van der Waals surface area contributed by atoms with Gasteiger partial charge in [-0.2, -0.15) is 0 Å². The number of amides is 1. The van der Waals surface area contributed by atoms with E-state index in [0.29, 0.717) is 6.61 Å². The van der Waals surface area contributed by atoms with Crippen LogP contribution >= 0.6 is 0 Å². The molecule has 0 radical (unpaired) electrons. The molecule has 1 amide bonds. The Labute approximate surface area is 114 Å². The van der Waals surface area contributed by atoms with E-state index in [2.05, 4.69) is 6.92 Å². The summed E-state index contributed by atoms with van der Waals surface area (Å²) in [5, 5.41) is 0. The van der Waals surface area contributed by atoms with Crippen LogP contribution in [0.3, 0.4) is 0 Å². The Morgan fingerprint density at radius 3 is 3.00 bits per heavy atom. The number of hydrogen-bond donors (Lipinski definition) is 1. The van der Waals surface area contributed by atoms with Gasteiger partial charge in [-0.3, -0.25) is 4.79 Å². The van der Waals surface area contributed by atoms with Crippen molar-refractivity contribution in [1.29, 1.82) is 0 Å².